The van der Waals surface area contributed by atoms with Crippen molar-refractivity contribution in [3.63, 3.8) is 0 Å². The van der Waals surface area contributed by atoms with Crippen LogP contribution in [0.15, 0.2) is 18.2 Å². The molecule has 0 amide bonds. The molecule has 1 aromatic carbocycles. The molecular formula is C21H30N2O8. The first-order valence-corrected chi connectivity index (χ1v) is 9.57. The molecule has 10 heteroatoms. The molecular weight excluding hydrogens is 408 g/mol. The van der Waals surface area contributed by atoms with E-state index in [2.05, 4.69) is 24.8 Å². The summed E-state index contributed by atoms with van der Waals surface area (Å²) in [6.45, 7) is 7.68. The number of carbonyl (C=O) groups is 3. The van der Waals surface area contributed by atoms with Crippen molar-refractivity contribution in [3.05, 3.63) is 23.8 Å². The molecule has 172 valence electrons. The van der Waals surface area contributed by atoms with Gasteiger partial charge in [-0.05, 0) is 31.0 Å². The number of ether oxygens (including phenoxy) is 2. The van der Waals surface area contributed by atoms with Gasteiger partial charge < -0.3 is 24.8 Å². The van der Waals surface area contributed by atoms with Crippen LogP contribution < -0.4 is 9.47 Å². The molecule has 10 nitrogen and oxygen atoms in total. The number of aliphatic hydroxyl groups excluding tert-OH is 1. The SMILES string of the molecule is COc1cc(C(C)=O)ccc1OCC(O)CN(CCC#N)CC(C)C.O=C(O)C(=O)O. The Bertz CT molecular complexity index is 761. The summed E-state index contributed by atoms with van der Waals surface area (Å²) in [7, 11) is 1.51. The maximum atomic E-state index is 11.4. The second kappa shape index (κ2) is 14.8. The van der Waals surface area contributed by atoms with Crippen LogP contribution in [0.4, 0.5) is 0 Å². The molecule has 0 bridgehead atoms. The van der Waals surface area contributed by atoms with E-state index in [4.69, 9.17) is 34.5 Å². The number of methoxy groups -OCH3 is 1. The lowest BCUT2D eigenvalue weighted by Gasteiger charge is -2.26. The number of ketones is 1. The number of carboxylic acid groups (broad SMARTS) is 2. The van der Waals surface area contributed by atoms with Gasteiger partial charge in [0.05, 0.1) is 13.2 Å². The normalized spacial score (nSPS) is 11.2. The van der Waals surface area contributed by atoms with Crippen LogP contribution in [-0.2, 0) is 9.59 Å². The third-order valence-electron chi connectivity index (χ3n) is 3.82. The molecule has 31 heavy (non-hydrogen) atoms. The Morgan fingerprint density at radius 3 is 2.19 bits per heavy atom. The van der Waals surface area contributed by atoms with Crippen molar-refractivity contribution in [2.75, 3.05) is 33.4 Å². The van der Waals surface area contributed by atoms with Gasteiger partial charge in [-0.25, -0.2) is 9.59 Å². The predicted octanol–water partition coefficient (Wildman–Crippen LogP) is 1.66. The Morgan fingerprint density at radius 1 is 1.13 bits per heavy atom. The highest BCUT2D eigenvalue weighted by Crippen LogP contribution is 2.28. The second-order valence-electron chi connectivity index (χ2n) is 7.06. The summed E-state index contributed by atoms with van der Waals surface area (Å²) in [5.74, 6) is -2.30. The zero-order valence-corrected chi connectivity index (χ0v) is 18.2. The topological polar surface area (TPSA) is 157 Å². The molecule has 1 unspecified atom stereocenters. The molecule has 0 spiro atoms. The first-order valence-electron chi connectivity index (χ1n) is 9.57. The molecule has 0 aliphatic heterocycles. The minimum absolute atomic E-state index is 0.0493. The minimum Gasteiger partial charge on any atom is -0.493 e. The van der Waals surface area contributed by atoms with Gasteiger partial charge in [-0.2, -0.15) is 5.26 Å². The summed E-state index contributed by atoms with van der Waals surface area (Å²) in [5, 5.41) is 33.8. The third kappa shape index (κ3) is 12.2. The maximum absolute atomic E-state index is 11.4. The number of carbonyl (C=O) groups excluding carboxylic acids is 1. The number of benzene rings is 1. The second-order valence-corrected chi connectivity index (χ2v) is 7.06. The summed E-state index contributed by atoms with van der Waals surface area (Å²) in [6, 6.07) is 7.10. The molecule has 1 rings (SSSR count). The molecule has 0 saturated heterocycles. The van der Waals surface area contributed by atoms with E-state index in [9.17, 15) is 9.90 Å². The van der Waals surface area contributed by atoms with E-state index in [1.54, 1.807) is 18.2 Å². The highest BCUT2D eigenvalue weighted by Gasteiger charge is 2.15. The Kier molecular flexibility index (Phi) is 13.3. The van der Waals surface area contributed by atoms with E-state index >= 15 is 0 Å². The van der Waals surface area contributed by atoms with Crippen LogP contribution in [0.3, 0.4) is 0 Å². The van der Waals surface area contributed by atoms with Gasteiger partial charge in [0.25, 0.3) is 0 Å². The Balaban J connectivity index is 0.00000131. The van der Waals surface area contributed by atoms with Crippen LogP contribution >= 0.6 is 0 Å². The highest BCUT2D eigenvalue weighted by molar-refractivity contribution is 6.27. The van der Waals surface area contributed by atoms with E-state index in [0.29, 0.717) is 42.5 Å². The summed E-state index contributed by atoms with van der Waals surface area (Å²) >= 11 is 0. The zero-order chi connectivity index (χ0) is 24.0. The monoisotopic (exact) mass is 438 g/mol. The van der Waals surface area contributed by atoms with Crippen molar-refractivity contribution < 1.29 is 39.2 Å². The third-order valence-corrected chi connectivity index (χ3v) is 3.82. The maximum Gasteiger partial charge on any atom is 0.414 e. The Labute approximate surface area is 181 Å². The van der Waals surface area contributed by atoms with E-state index < -0.39 is 18.0 Å². The lowest BCUT2D eigenvalue weighted by molar-refractivity contribution is -0.159. The van der Waals surface area contributed by atoms with Crippen molar-refractivity contribution in [1.82, 2.24) is 4.90 Å². The first kappa shape index (κ1) is 27.8. The fourth-order valence-corrected chi connectivity index (χ4v) is 2.52. The molecule has 3 N–H and O–H groups in total. The van der Waals surface area contributed by atoms with Gasteiger partial charge in [-0.1, -0.05) is 13.8 Å². The first-order chi connectivity index (χ1) is 14.5. The molecule has 1 aromatic rings. The number of nitriles is 1. The lowest BCUT2D eigenvalue weighted by Crippen LogP contribution is -2.38. The van der Waals surface area contributed by atoms with Crippen molar-refractivity contribution in [3.8, 4) is 17.6 Å². The number of aliphatic hydroxyl groups is 1. The number of hydrogen-bond donors (Lipinski definition) is 3. The summed E-state index contributed by atoms with van der Waals surface area (Å²) in [4.78, 5) is 31.7. The van der Waals surface area contributed by atoms with Crippen LogP contribution in [0.25, 0.3) is 0 Å². The fraction of sp³-hybridized carbons (Fsp3) is 0.524. The lowest BCUT2D eigenvalue weighted by atomic mass is 10.1. The number of aliphatic carboxylic acids is 2. The average Bonchev–Trinajstić information content (AvgIpc) is 2.70. The van der Waals surface area contributed by atoms with Gasteiger partial charge in [0.1, 0.15) is 12.7 Å². The van der Waals surface area contributed by atoms with Crippen LogP contribution in [0.1, 0.15) is 37.6 Å². The molecule has 0 saturated carbocycles. The van der Waals surface area contributed by atoms with Crippen LogP contribution in [0.2, 0.25) is 0 Å². The number of nitrogens with zero attached hydrogens (tertiary/aromatic N) is 2. The number of Topliss-reactive ketones (excluding diaryl/α,β-unsaturated/α-hetero) is 1. The van der Waals surface area contributed by atoms with E-state index in [1.165, 1.54) is 14.0 Å². The van der Waals surface area contributed by atoms with Gasteiger partial charge in [-0.3, -0.25) is 9.69 Å². The molecule has 0 aliphatic carbocycles. The molecule has 0 aliphatic rings. The van der Waals surface area contributed by atoms with Crippen LogP contribution in [-0.4, -0.2) is 77.4 Å². The van der Waals surface area contributed by atoms with Crippen LogP contribution in [0, 0.1) is 17.2 Å². The van der Waals surface area contributed by atoms with Gasteiger partial charge in [0, 0.05) is 31.6 Å². The predicted molar refractivity (Wildman–Crippen MR) is 111 cm³/mol. The highest BCUT2D eigenvalue weighted by atomic mass is 16.5. The van der Waals surface area contributed by atoms with Crippen molar-refractivity contribution >= 4 is 17.7 Å². The minimum atomic E-state index is -1.82. The molecule has 0 radical (unpaired) electrons. The average molecular weight is 438 g/mol. The van der Waals surface area contributed by atoms with Gasteiger partial charge >= 0.3 is 11.9 Å². The standard InChI is InChI=1S/C19H28N2O4.C2H2O4/c1-14(2)11-21(9-5-8-20)12-17(23)13-25-18-7-6-16(15(3)22)10-19(18)24-4;3-1(4)2(5)6/h6-7,10,14,17,23H,5,9,11-13H2,1-4H3;(H,3,4)(H,5,6). The molecule has 1 atom stereocenters. The van der Waals surface area contributed by atoms with Crippen molar-refractivity contribution in [2.24, 2.45) is 5.92 Å². The Hall–Kier alpha value is -3.16. The van der Waals surface area contributed by atoms with Crippen LogP contribution in [0.5, 0.6) is 11.5 Å². The summed E-state index contributed by atoms with van der Waals surface area (Å²) in [6.07, 6.45) is -0.254. The van der Waals surface area contributed by atoms with Crippen molar-refractivity contribution in [2.45, 2.75) is 33.3 Å². The molecule has 0 heterocycles. The largest absolute Gasteiger partial charge is 0.493 e. The fourth-order valence-electron chi connectivity index (χ4n) is 2.52. The van der Waals surface area contributed by atoms with E-state index in [-0.39, 0.29) is 12.4 Å². The van der Waals surface area contributed by atoms with E-state index in [0.717, 1.165) is 6.54 Å². The quantitative estimate of drug-likeness (QED) is 0.343. The summed E-state index contributed by atoms with van der Waals surface area (Å²) < 4.78 is 10.9. The Morgan fingerprint density at radius 2 is 1.74 bits per heavy atom. The van der Waals surface area contributed by atoms with E-state index in [1.807, 2.05) is 0 Å². The molecule has 0 fully saturated rings. The zero-order valence-electron chi connectivity index (χ0n) is 18.2. The number of rotatable bonds is 11. The number of carboxylic acids is 2. The van der Waals surface area contributed by atoms with Crippen molar-refractivity contribution in [1.29, 1.82) is 5.26 Å². The smallest absolute Gasteiger partial charge is 0.414 e. The van der Waals surface area contributed by atoms with Gasteiger partial charge in [0.15, 0.2) is 17.3 Å². The van der Waals surface area contributed by atoms with Gasteiger partial charge in [0.2, 0.25) is 0 Å². The number of hydrogen-bond acceptors (Lipinski definition) is 8. The van der Waals surface area contributed by atoms with Gasteiger partial charge in [-0.15, -0.1) is 0 Å². The summed E-state index contributed by atoms with van der Waals surface area (Å²) in [5.41, 5.74) is 0.546. The molecule has 0 aromatic heterocycles.